The molecule has 0 saturated heterocycles. The Morgan fingerprint density at radius 2 is 1.93 bits per heavy atom. The molecule has 7 heteroatoms. The Kier molecular flexibility index (Phi) is 5.85. The van der Waals surface area contributed by atoms with Crippen LogP contribution in [-0.4, -0.2) is 34.3 Å². The Hall–Kier alpha value is -2.80. The standard InChI is InChI=1S/C22H22N2O4S/c1-2-10-24-21(26)16-6-3-4-7-17(16)23-22(24)29-14-18(25)15-8-9-19-20(13-15)28-12-5-11-27-19/h3-4,6-9,13H,2,5,10-12,14H2,1H3. The molecule has 150 valence electrons. The van der Waals surface area contributed by atoms with Gasteiger partial charge in [-0.15, -0.1) is 0 Å². The molecular weight excluding hydrogens is 388 g/mol. The summed E-state index contributed by atoms with van der Waals surface area (Å²) in [6.45, 7) is 3.76. The molecule has 0 fully saturated rings. The van der Waals surface area contributed by atoms with Crippen LogP contribution in [0.2, 0.25) is 0 Å². The van der Waals surface area contributed by atoms with Crippen LogP contribution in [0.1, 0.15) is 30.1 Å². The van der Waals surface area contributed by atoms with E-state index in [0.717, 1.165) is 12.8 Å². The van der Waals surface area contributed by atoms with E-state index in [9.17, 15) is 9.59 Å². The van der Waals surface area contributed by atoms with Crippen molar-refractivity contribution in [1.82, 2.24) is 9.55 Å². The maximum absolute atomic E-state index is 12.8. The van der Waals surface area contributed by atoms with Crippen molar-refractivity contribution < 1.29 is 14.3 Å². The van der Waals surface area contributed by atoms with E-state index >= 15 is 0 Å². The zero-order chi connectivity index (χ0) is 20.2. The molecule has 0 atom stereocenters. The number of aromatic nitrogens is 2. The third-order valence-electron chi connectivity index (χ3n) is 4.68. The second-order valence-corrected chi connectivity index (χ2v) is 7.73. The van der Waals surface area contributed by atoms with Gasteiger partial charge < -0.3 is 9.47 Å². The summed E-state index contributed by atoms with van der Waals surface area (Å²) in [4.78, 5) is 30.2. The predicted octanol–water partition coefficient (Wildman–Crippen LogP) is 3.94. The third-order valence-corrected chi connectivity index (χ3v) is 5.65. The molecule has 6 nitrogen and oxygen atoms in total. The number of Topliss-reactive ketones (excluding diaryl/α,β-unsaturated/α-hetero) is 1. The minimum Gasteiger partial charge on any atom is -0.490 e. The van der Waals surface area contributed by atoms with Crippen LogP contribution in [0.15, 0.2) is 52.4 Å². The molecule has 0 unspecified atom stereocenters. The fourth-order valence-corrected chi connectivity index (χ4v) is 4.15. The first-order valence-electron chi connectivity index (χ1n) is 9.72. The Balaban J connectivity index is 1.58. The smallest absolute Gasteiger partial charge is 0.262 e. The first-order valence-corrected chi connectivity index (χ1v) is 10.7. The van der Waals surface area contributed by atoms with Crippen molar-refractivity contribution in [2.75, 3.05) is 19.0 Å². The lowest BCUT2D eigenvalue weighted by Crippen LogP contribution is -2.23. The van der Waals surface area contributed by atoms with Gasteiger partial charge in [-0.3, -0.25) is 14.2 Å². The van der Waals surface area contributed by atoms with E-state index < -0.39 is 0 Å². The summed E-state index contributed by atoms with van der Waals surface area (Å²) in [7, 11) is 0. The lowest BCUT2D eigenvalue weighted by molar-refractivity contribution is 0.102. The van der Waals surface area contributed by atoms with Gasteiger partial charge in [-0.25, -0.2) is 4.98 Å². The van der Waals surface area contributed by atoms with Gasteiger partial charge in [-0.05, 0) is 36.8 Å². The molecule has 4 rings (SSSR count). The fraction of sp³-hybridized carbons (Fsp3) is 0.318. The van der Waals surface area contributed by atoms with Crippen LogP contribution >= 0.6 is 11.8 Å². The zero-order valence-corrected chi connectivity index (χ0v) is 17.0. The van der Waals surface area contributed by atoms with Crippen LogP contribution in [0, 0.1) is 0 Å². The van der Waals surface area contributed by atoms with Gasteiger partial charge in [-0.1, -0.05) is 30.8 Å². The normalized spacial score (nSPS) is 13.3. The number of thioether (sulfide) groups is 1. The van der Waals surface area contributed by atoms with Crippen molar-refractivity contribution in [3.63, 3.8) is 0 Å². The van der Waals surface area contributed by atoms with Crippen LogP contribution in [0.25, 0.3) is 10.9 Å². The number of carbonyl (C=O) groups is 1. The van der Waals surface area contributed by atoms with E-state index in [1.807, 2.05) is 25.1 Å². The molecule has 0 spiro atoms. The lowest BCUT2D eigenvalue weighted by Gasteiger charge is -2.12. The van der Waals surface area contributed by atoms with Crippen molar-refractivity contribution in [3.05, 3.63) is 58.4 Å². The summed E-state index contributed by atoms with van der Waals surface area (Å²) in [5, 5.41) is 1.16. The van der Waals surface area contributed by atoms with Gasteiger partial charge in [0.25, 0.3) is 5.56 Å². The van der Waals surface area contributed by atoms with Crippen molar-refractivity contribution in [3.8, 4) is 11.5 Å². The lowest BCUT2D eigenvalue weighted by atomic mass is 10.1. The number of hydrogen-bond acceptors (Lipinski definition) is 6. The number of hydrogen-bond donors (Lipinski definition) is 0. The molecule has 0 bridgehead atoms. The minimum atomic E-state index is -0.0667. The van der Waals surface area contributed by atoms with E-state index in [-0.39, 0.29) is 17.1 Å². The number of rotatable bonds is 6. The average Bonchev–Trinajstić information content (AvgIpc) is 2.99. The average molecular weight is 410 g/mol. The van der Waals surface area contributed by atoms with Crippen molar-refractivity contribution in [2.45, 2.75) is 31.5 Å². The molecule has 1 aromatic heterocycles. The van der Waals surface area contributed by atoms with Crippen molar-refractivity contribution in [2.24, 2.45) is 0 Å². The van der Waals surface area contributed by atoms with Gasteiger partial charge in [0, 0.05) is 18.5 Å². The molecule has 0 saturated carbocycles. The van der Waals surface area contributed by atoms with Crippen molar-refractivity contribution >= 4 is 28.4 Å². The predicted molar refractivity (Wildman–Crippen MR) is 113 cm³/mol. The van der Waals surface area contributed by atoms with Gasteiger partial charge in [0.1, 0.15) is 0 Å². The maximum Gasteiger partial charge on any atom is 0.262 e. The van der Waals surface area contributed by atoms with Crippen LogP contribution in [0.5, 0.6) is 11.5 Å². The number of ether oxygens (including phenoxy) is 2. The highest BCUT2D eigenvalue weighted by atomic mass is 32.2. The molecule has 0 amide bonds. The number of fused-ring (bicyclic) bond motifs is 2. The Bertz CT molecular complexity index is 1110. The number of para-hydroxylation sites is 1. The van der Waals surface area contributed by atoms with E-state index in [1.165, 1.54) is 11.8 Å². The second kappa shape index (κ2) is 8.69. The van der Waals surface area contributed by atoms with Gasteiger partial charge in [-0.2, -0.15) is 0 Å². The first kappa shape index (κ1) is 19.5. The molecule has 3 aromatic rings. The first-order chi connectivity index (χ1) is 14.2. The molecule has 29 heavy (non-hydrogen) atoms. The molecule has 0 aliphatic carbocycles. The zero-order valence-electron chi connectivity index (χ0n) is 16.2. The molecule has 1 aliphatic rings. The number of nitrogens with zero attached hydrogens (tertiary/aromatic N) is 2. The molecule has 0 N–H and O–H groups in total. The molecule has 2 heterocycles. The Morgan fingerprint density at radius 1 is 1.14 bits per heavy atom. The van der Waals surface area contributed by atoms with Crippen LogP contribution in [0.3, 0.4) is 0 Å². The van der Waals surface area contributed by atoms with Gasteiger partial charge >= 0.3 is 0 Å². The van der Waals surface area contributed by atoms with Crippen LogP contribution in [0.4, 0.5) is 0 Å². The summed E-state index contributed by atoms with van der Waals surface area (Å²) in [6, 6.07) is 12.6. The molecule has 2 aromatic carbocycles. The van der Waals surface area contributed by atoms with Crippen molar-refractivity contribution in [1.29, 1.82) is 0 Å². The van der Waals surface area contributed by atoms with Gasteiger partial charge in [0.2, 0.25) is 0 Å². The highest BCUT2D eigenvalue weighted by Gasteiger charge is 2.16. The van der Waals surface area contributed by atoms with Crippen LogP contribution < -0.4 is 15.0 Å². The van der Waals surface area contributed by atoms with E-state index in [1.54, 1.807) is 28.8 Å². The summed E-state index contributed by atoms with van der Waals surface area (Å²) in [5.74, 6) is 1.41. The largest absolute Gasteiger partial charge is 0.490 e. The third kappa shape index (κ3) is 4.15. The minimum absolute atomic E-state index is 0.0453. The second-order valence-electron chi connectivity index (χ2n) is 6.79. The highest BCUT2D eigenvalue weighted by molar-refractivity contribution is 7.99. The summed E-state index contributed by atoms with van der Waals surface area (Å²) < 4.78 is 13.0. The monoisotopic (exact) mass is 410 g/mol. The van der Waals surface area contributed by atoms with E-state index in [0.29, 0.717) is 52.9 Å². The summed E-state index contributed by atoms with van der Waals surface area (Å²) in [6.07, 6.45) is 1.62. The maximum atomic E-state index is 12.8. The number of benzene rings is 2. The number of carbonyl (C=O) groups excluding carboxylic acids is 1. The number of ketones is 1. The molecular formula is C22H22N2O4S. The van der Waals surface area contributed by atoms with Crippen LogP contribution in [-0.2, 0) is 6.54 Å². The summed E-state index contributed by atoms with van der Waals surface area (Å²) >= 11 is 1.29. The van der Waals surface area contributed by atoms with Gasteiger partial charge in [0.05, 0.1) is 29.9 Å². The molecule has 1 aliphatic heterocycles. The Labute approximate surface area is 172 Å². The topological polar surface area (TPSA) is 70.4 Å². The SMILES string of the molecule is CCCn1c(SCC(=O)c2ccc3c(c2)OCCCO3)nc2ccccc2c1=O. The quantitative estimate of drug-likeness (QED) is 0.348. The highest BCUT2D eigenvalue weighted by Crippen LogP contribution is 2.31. The Morgan fingerprint density at radius 3 is 2.76 bits per heavy atom. The van der Waals surface area contributed by atoms with Gasteiger partial charge in [0.15, 0.2) is 22.4 Å². The van der Waals surface area contributed by atoms with E-state index in [2.05, 4.69) is 4.98 Å². The summed E-state index contributed by atoms with van der Waals surface area (Å²) in [5.41, 5.74) is 1.14. The molecule has 0 radical (unpaired) electrons. The van der Waals surface area contributed by atoms with E-state index in [4.69, 9.17) is 9.47 Å². The fourth-order valence-electron chi connectivity index (χ4n) is 3.23.